The van der Waals surface area contributed by atoms with Gasteiger partial charge in [-0.15, -0.1) is 12.4 Å². The molecule has 0 bridgehead atoms. The lowest BCUT2D eigenvalue weighted by atomic mass is 9.92. The van der Waals surface area contributed by atoms with Crippen molar-refractivity contribution < 1.29 is 9.53 Å². The van der Waals surface area contributed by atoms with Crippen LogP contribution in [-0.4, -0.2) is 43.6 Å². The Kier molecular flexibility index (Phi) is 7.69. The molecule has 0 aliphatic carbocycles. The highest BCUT2D eigenvalue weighted by Gasteiger charge is 2.26. The first kappa shape index (κ1) is 18.8. The Hall–Kier alpha value is -1.26. The quantitative estimate of drug-likeness (QED) is 0.904. The van der Waals surface area contributed by atoms with E-state index in [1.165, 1.54) is 5.56 Å². The number of rotatable bonds is 5. The lowest BCUT2D eigenvalue weighted by Gasteiger charge is -2.30. The topological polar surface area (TPSA) is 41.6 Å². The van der Waals surface area contributed by atoms with Gasteiger partial charge in [0.05, 0.1) is 6.54 Å². The van der Waals surface area contributed by atoms with Crippen molar-refractivity contribution in [3.63, 3.8) is 0 Å². The first-order valence-electron chi connectivity index (χ1n) is 7.74. The molecule has 1 N–H and O–H groups in total. The van der Waals surface area contributed by atoms with Gasteiger partial charge >= 0.3 is 0 Å². The summed E-state index contributed by atoms with van der Waals surface area (Å²) in [5, 5.41) is 3.38. The van der Waals surface area contributed by atoms with Crippen LogP contribution in [-0.2, 0) is 4.79 Å². The number of benzene rings is 1. The van der Waals surface area contributed by atoms with Gasteiger partial charge in [-0.2, -0.15) is 0 Å². The van der Waals surface area contributed by atoms with Crippen molar-refractivity contribution >= 4 is 18.3 Å². The number of hydrogen-bond donors (Lipinski definition) is 1. The number of likely N-dealkylation sites (N-methyl/N-ethyl adjacent to an activating group) is 1. The SMILES string of the molecule is Cc1cccc(OCCN(C)C(=O)[C@H]2CCN[C@@H](C)C2)c1.Cl. The maximum Gasteiger partial charge on any atom is 0.225 e. The van der Waals surface area contributed by atoms with Crippen molar-refractivity contribution in [1.82, 2.24) is 10.2 Å². The van der Waals surface area contributed by atoms with Crippen molar-refractivity contribution in [3.8, 4) is 5.75 Å². The summed E-state index contributed by atoms with van der Waals surface area (Å²) in [4.78, 5) is 14.2. The number of hydrogen-bond acceptors (Lipinski definition) is 3. The zero-order valence-corrected chi connectivity index (χ0v) is 14.5. The van der Waals surface area contributed by atoms with Gasteiger partial charge < -0.3 is 15.0 Å². The van der Waals surface area contributed by atoms with Crippen LogP contribution in [0.15, 0.2) is 24.3 Å². The second kappa shape index (κ2) is 9.01. The molecule has 0 aromatic heterocycles. The minimum absolute atomic E-state index is 0. The third-order valence-corrected chi connectivity index (χ3v) is 4.03. The standard InChI is InChI=1S/C17H26N2O2.ClH/c1-13-5-4-6-16(11-13)21-10-9-19(3)17(20)15-7-8-18-14(2)12-15;/h4-6,11,14-15,18H,7-10,12H2,1-3H3;1H/t14-,15-;/m0./s1. The number of piperidine rings is 1. The fourth-order valence-corrected chi connectivity index (χ4v) is 2.78. The van der Waals surface area contributed by atoms with Crippen LogP contribution in [0.4, 0.5) is 0 Å². The molecule has 1 aromatic rings. The molecule has 124 valence electrons. The van der Waals surface area contributed by atoms with Crippen LogP contribution in [0.2, 0.25) is 0 Å². The fourth-order valence-electron chi connectivity index (χ4n) is 2.78. The number of carbonyl (C=O) groups excluding carboxylic acids is 1. The van der Waals surface area contributed by atoms with Gasteiger partial charge in [0.1, 0.15) is 12.4 Å². The third-order valence-electron chi connectivity index (χ3n) is 4.03. The Bertz CT molecular complexity index is 481. The van der Waals surface area contributed by atoms with E-state index >= 15 is 0 Å². The number of amides is 1. The number of nitrogens with zero attached hydrogens (tertiary/aromatic N) is 1. The molecule has 2 rings (SSSR count). The van der Waals surface area contributed by atoms with Gasteiger partial charge in [-0.3, -0.25) is 4.79 Å². The number of carbonyl (C=O) groups is 1. The summed E-state index contributed by atoms with van der Waals surface area (Å²) in [5.41, 5.74) is 1.18. The smallest absolute Gasteiger partial charge is 0.225 e. The third kappa shape index (κ3) is 5.50. The highest BCUT2D eigenvalue weighted by molar-refractivity contribution is 5.85. The molecule has 0 unspecified atom stereocenters. The molecule has 1 amide bonds. The average Bonchev–Trinajstić information content (AvgIpc) is 2.46. The maximum atomic E-state index is 12.4. The molecule has 1 saturated heterocycles. The van der Waals surface area contributed by atoms with Crippen LogP contribution in [0.1, 0.15) is 25.3 Å². The molecular formula is C17H27ClN2O2. The van der Waals surface area contributed by atoms with Crippen LogP contribution in [0, 0.1) is 12.8 Å². The number of halogens is 1. The van der Waals surface area contributed by atoms with Crippen molar-refractivity contribution in [1.29, 1.82) is 0 Å². The fraction of sp³-hybridized carbons (Fsp3) is 0.588. The number of ether oxygens (including phenoxy) is 1. The summed E-state index contributed by atoms with van der Waals surface area (Å²) in [6, 6.07) is 8.42. The molecule has 1 aliphatic heterocycles. The van der Waals surface area contributed by atoms with E-state index in [4.69, 9.17) is 4.74 Å². The Morgan fingerprint density at radius 3 is 2.91 bits per heavy atom. The van der Waals surface area contributed by atoms with E-state index in [0.29, 0.717) is 19.2 Å². The maximum absolute atomic E-state index is 12.4. The van der Waals surface area contributed by atoms with Crippen molar-refractivity contribution in [2.45, 2.75) is 32.7 Å². The molecule has 1 aliphatic rings. The Morgan fingerprint density at radius 2 is 2.23 bits per heavy atom. The minimum atomic E-state index is 0. The molecule has 0 spiro atoms. The predicted molar refractivity (Wildman–Crippen MR) is 91.7 cm³/mol. The molecule has 22 heavy (non-hydrogen) atoms. The molecule has 1 heterocycles. The highest BCUT2D eigenvalue weighted by Crippen LogP contribution is 2.18. The van der Waals surface area contributed by atoms with Crippen LogP contribution in [0.25, 0.3) is 0 Å². The van der Waals surface area contributed by atoms with Gasteiger partial charge in [0, 0.05) is 19.0 Å². The van der Waals surface area contributed by atoms with E-state index in [2.05, 4.69) is 12.2 Å². The minimum Gasteiger partial charge on any atom is -0.492 e. The van der Waals surface area contributed by atoms with Gasteiger partial charge in [-0.05, 0) is 50.9 Å². The molecule has 1 aromatic carbocycles. The Labute approximate surface area is 139 Å². The average molecular weight is 327 g/mol. The summed E-state index contributed by atoms with van der Waals surface area (Å²) in [6.45, 7) is 6.28. The summed E-state index contributed by atoms with van der Waals surface area (Å²) < 4.78 is 5.71. The normalized spacial score (nSPS) is 20.9. The van der Waals surface area contributed by atoms with Gasteiger partial charge in [0.15, 0.2) is 0 Å². The van der Waals surface area contributed by atoms with E-state index in [-0.39, 0.29) is 24.2 Å². The lowest BCUT2D eigenvalue weighted by molar-refractivity contribution is -0.135. The molecule has 5 heteroatoms. The predicted octanol–water partition coefficient (Wildman–Crippen LogP) is 2.64. The van der Waals surface area contributed by atoms with Crippen LogP contribution in [0.3, 0.4) is 0 Å². The van der Waals surface area contributed by atoms with E-state index in [9.17, 15) is 4.79 Å². The van der Waals surface area contributed by atoms with Crippen LogP contribution in [0.5, 0.6) is 5.75 Å². The molecule has 4 nitrogen and oxygen atoms in total. The van der Waals surface area contributed by atoms with Crippen molar-refractivity contribution in [2.75, 3.05) is 26.7 Å². The van der Waals surface area contributed by atoms with Gasteiger partial charge in [-0.1, -0.05) is 12.1 Å². The monoisotopic (exact) mass is 326 g/mol. The molecule has 2 atom stereocenters. The van der Waals surface area contributed by atoms with Crippen molar-refractivity contribution in [3.05, 3.63) is 29.8 Å². The zero-order chi connectivity index (χ0) is 15.2. The summed E-state index contributed by atoms with van der Waals surface area (Å²) in [7, 11) is 1.87. The molecular weight excluding hydrogens is 300 g/mol. The molecule has 1 fully saturated rings. The van der Waals surface area contributed by atoms with E-state index < -0.39 is 0 Å². The first-order chi connectivity index (χ1) is 10.1. The van der Waals surface area contributed by atoms with E-state index in [1.54, 1.807) is 4.90 Å². The summed E-state index contributed by atoms with van der Waals surface area (Å²) >= 11 is 0. The summed E-state index contributed by atoms with van der Waals surface area (Å²) in [5.74, 6) is 1.27. The number of nitrogens with one attached hydrogen (secondary N) is 1. The Morgan fingerprint density at radius 1 is 1.45 bits per heavy atom. The summed E-state index contributed by atoms with van der Waals surface area (Å²) in [6.07, 6.45) is 1.87. The molecule has 0 radical (unpaired) electrons. The first-order valence-corrected chi connectivity index (χ1v) is 7.74. The lowest BCUT2D eigenvalue weighted by Crippen LogP contribution is -2.43. The zero-order valence-electron chi connectivity index (χ0n) is 13.7. The van der Waals surface area contributed by atoms with E-state index in [0.717, 1.165) is 25.1 Å². The largest absolute Gasteiger partial charge is 0.492 e. The van der Waals surface area contributed by atoms with Gasteiger partial charge in [-0.25, -0.2) is 0 Å². The van der Waals surface area contributed by atoms with Crippen molar-refractivity contribution in [2.24, 2.45) is 5.92 Å². The second-order valence-corrected chi connectivity index (χ2v) is 6.00. The van der Waals surface area contributed by atoms with Gasteiger partial charge in [0.2, 0.25) is 5.91 Å². The van der Waals surface area contributed by atoms with E-state index in [1.807, 2.05) is 38.2 Å². The van der Waals surface area contributed by atoms with Crippen LogP contribution < -0.4 is 10.1 Å². The van der Waals surface area contributed by atoms with Crippen LogP contribution >= 0.6 is 12.4 Å². The second-order valence-electron chi connectivity index (χ2n) is 6.00. The Balaban J connectivity index is 0.00000242. The number of aryl methyl sites for hydroxylation is 1. The highest BCUT2D eigenvalue weighted by atomic mass is 35.5. The molecule has 0 saturated carbocycles. The van der Waals surface area contributed by atoms with Gasteiger partial charge in [0.25, 0.3) is 0 Å².